The van der Waals surface area contributed by atoms with Gasteiger partial charge in [0.2, 0.25) is 0 Å². The van der Waals surface area contributed by atoms with E-state index in [4.69, 9.17) is 14.6 Å². The van der Waals surface area contributed by atoms with Crippen molar-refractivity contribution in [2.24, 2.45) is 0 Å². The molecule has 0 aromatic rings. The molecular weight excluding hydrogens is 268 g/mol. The second-order valence-electron chi connectivity index (χ2n) is 6.21. The van der Waals surface area contributed by atoms with Crippen LogP contribution in [-0.4, -0.2) is 41.9 Å². The maximum atomic E-state index is 10.1. The number of unbranched alkanes of at least 4 members (excludes halogenated alkanes) is 4. The molecule has 21 heavy (non-hydrogen) atoms. The summed E-state index contributed by atoms with van der Waals surface area (Å²) in [5.74, 6) is 0. The Kier molecular flexibility index (Phi) is 7.72. The minimum absolute atomic E-state index is 0.0208. The van der Waals surface area contributed by atoms with E-state index >= 15 is 0 Å². The summed E-state index contributed by atoms with van der Waals surface area (Å²) in [6, 6.07) is 0. The molecule has 0 amide bonds. The van der Waals surface area contributed by atoms with Crippen molar-refractivity contribution in [1.29, 1.82) is 0 Å². The highest BCUT2D eigenvalue weighted by Crippen LogP contribution is 2.28. The van der Waals surface area contributed by atoms with E-state index in [0.717, 1.165) is 50.7 Å². The molecule has 1 unspecified atom stereocenters. The molecule has 2 rings (SSSR count). The minimum Gasteiger partial charge on any atom is -0.396 e. The van der Waals surface area contributed by atoms with Crippen LogP contribution in [0.1, 0.15) is 64.2 Å². The van der Waals surface area contributed by atoms with Crippen molar-refractivity contribution in [3.05, 3.63) is 11.6 Å². The van der Waals surface area contributed by atoms with E-state index in [0.29, 0.717) is 13.0 Å². The van der Waals surface area contributed by atoms with Crippen molar-refractivity contribution in [2.75, 3.05) is 13.2 Å². The van der Waals surface area contributed by atoms with Gasteiger partial charge in [-0.05, 0) is 44.1 Å². The lowest BCUT2D eigenvalue weighted by molar-refractivity contribution is -0.179. The Morgan fingerprint density at radius 3 is 2.71 bits per heavy atom. The van der Waals surface area contributed by atoms with E-state index in [9.17, 15) is 5.11 Å². The first kappa shape index (κ1) is 16.9. The Morgan fingerprint density at radius 1 is 1.14 bits per heavy atom. The van der Waals surface area contributed by atoms with Crippen molar-refractivity contribution < 1.29 is 19.7 Å². The van der Waals surface area contributed by atoms with Crippen LogP contribution in [0.15, 0.2) is 11.6 Å². The van der Waals surface area contributed by atoms with Crippen LogP contribution in [-0.2, 0) is 9.47 Å². The van der Waals surface area contributed by atoms with Crippen molar-refractivity contribution in [1.82, 2.24) is 0 Å². The molecule has 0 saturated carbocycles. The standard InChI is InChI=1S/C17H30O4/c18-10-6-3-1-2-4-8-14-12-15(13-16(14)19)21-17-9-5-7-11-20-17/h12,15-19H,1-11,13H2/t15-,16-,17?/m0/s1. The molecule has 4 nitrogen and oxygen atoms in total. The summed E-state index contributed by atoms with van der Waals surface area (Å²) >= 11 is 0. The van der Waals surface area contributed by atoms with Crippen molar-refractivity contribution in [3.8, 4) is 0 Å². The van der Waals surface area contributed by atoms with Crippen LogP contribution in [0.25, 0.3) is 0 Å². The molecule has 1 aliphatic heterocycles. The van der Waals surface area contributed by atoms with Gasteiger partial charge in [0.15, 0.2) is 6.29 Å². The summed E-state index contributed by atoms with van der Waals surface area (Å²) in [6.45, 7) is 1.09. The van der Waals surface area contributed by atoms with Crippen LogP contribution in [0, 0.1) is 0 Å². The van der Waals surface area contributed by atoms with Gasteiger partial charge in [-0.2, -0.15) is 0 Å². The minimum atomic E-state index is -0.337. The fourth-order valence-corrected chi connectivity index (χ4v) is 3.12. The van der Waals surface area contributed by atoms with E-state index in [1.54, 1.807) is 0 Å². The summed E-state index contributed by atoms with van der Waals surface area (Å²) in [6.07, 6.45) is 12.1. The van der Waals surface area contributed by atoms with Gasteiger partial charge < -0.3 is 19.7 Å². The Balaban J connectivity index is 1.63. The van der Waals surface area contributed by atoms with Crippen LogP contribution in [0.2, 0.25) is 0 Å². The van der Waals surface area contributed by atoms with Gasteiger partial charge in [-0.15, -0.1) is 0 Å². The SMILES string of the molecule is OCCCCCCCC1=C[C@H](OC2CCCCO2)C[C@@H]1O. The first-order valence-electron chi connectivity index (χ1n) is 8.56. The van der Waals surface area contributed by atoms with Gasteiger partial charge in [0.1, 0.15) is 0 Å². The number of hydrogen-bond donors (Lipinski definition) is 2. The first-order valence-corrected chi connectivity index (χ1v) is 8.56. The molecule has 4 heteroatoms. The topological polar surface area (TPSA) is 58.9 Å². The Hall–Kier alpha value is -0.420. The lowest BCUT2D eigenvalue weighted by Crippen LogP contribution is -2.26. The zero-order valence-electron chi connectivity index (χ0n) is 13.0. The lowest BCUT2D eigenvalue weighted by atomic mass is 10.0. The van der Waals surface area contributed by atoms with E-state index in [-0.39, 0.29) is 18.5 Å². The highest BCUT2D eigenvalue weighted by molar-refractivity contribution is 5.18. The maximum Gasteiger partial charge on any atom is 0.158 e. The molecule has 2 aliphatic rings. The van der Waals surface area contributed by atoms with Crippen molar-refractivity contribution >= 4 is 0 Å². The third kappa shape index (κ3) is 6.07. The van der Waals surface area contributed by atoms with Gasteiger partial charge in [0, 0.05) is 19.6 Å². The summed E-state index contributed by atoms with van der Waals surface area (Å²) in [7, 11) is 0. The largest absolute Gasteiger partial charge is 0.396 e. The second kappa shape index (κ2) is 9.57. The molecule has 0 aromatic carbocycles. The molecule has 122 valence electrons. The normalized spacial score (nSPS) is 29.6. The van der Waals surface area contributed by atoms with Crippen molar-refractivity contribution in [3.63, 3.8) is 0 Å². The smallest absolute Gasteiger partial charge is 0.158 e. The predicted octanol–water partition coefficient (Wildman–Crippen LogP) is 2.92. The third-order valence-corrected chi connectivity index (χ3v) is 4.37. The van der Waals surface area contributed by atoms with E-state index in [2.05, 4.69) is 6.08 Å². The molecule has 2 N–H and O–H groups in total. The van der Waals surface area contributed by atoms with Gasteiger partial charge >= 0.3 is 0 Å². The number of aliphatic hydroxyl groups is 2. The first-order chi connectivity index (χ1) is 10.3. The maximum absolute atomic E-state index is 10.1. The molecule has 1 heterocycles. The fraction of sp³-hybridized carbons (Fsp3) is 0.882. The lowest BCUT2D eigenvalue weighted by Gasteiger charge is -2.25. The average molecular weight is 298 g/mol. The molecular formula is C17H30O4. The monoisotopic (exact) mass is 298 g/mol. The number of rotatable bonds is 9. The summed E-state index contributed by atoms with van der Waals surface area (Å²) in [5.41, 5.74) is 1.14. The molecule has 0 aromatic heterocycles. The predicted molar refractivity (Wildman–Crippen MR) is 82.0 cm³/mol. The molecule has 3 atom stereocenters. The quantitative estimate of drug-likeness (QED) is 0.507. The number of aliphatic hydroxyl groups excluding tert-OH is 2. The van der Waals surface area contributed by atoms with E-state index < -0.39 is 0 Å². The zero-order chi connectivity index (χ0) is 14.9. The van der Waals surface area contributed by atoms with Crippen molar-refractivity contribution in [2.45, 2.75) is 82.7 Å². The van der Waals surface area contributed by atoms with Gasteiger partial charge in [-0.3, -0.25) is 0 Å². The highest BCUT2D eigenvalue weighted by atomic mass is 16.7. The van der Waals surface area contributed by atoms with Crippen LogP contribution >= 0.6 is 0 Å². The van der Waals surface area contributed by atoms with Gasteiger partial charge in [0.05, 0.1) is 12.2 Å². The molecule has 0 radical (unpaired) electrons. The summed E-state index contributed by atoms with van der Waals surface area (Å²) in [4.78, 5) is 0. The van der Waals surface area contributed by atoms with Crippen LogP contribution in [0.4, 0.5) is 0 Å². The zero-order valence-corrected chi connectivity index (χ0v) is 13.0. The second-order valence-corrected chi connectivity index (χ2v) is 6.21. The Bertz CT molecular complexity index is 310. The number of hydrogen-bond acceptors (Lipinski definition) is 4. The molecule has 0 bridgehead atoms. The summed E-state index contributed by atoms with van der Waals surface area (Å²) < 4.78 is 11.5. The van der Waals surface area contributed by atoms with Gasteiger partial charge in [-0.25, -0.2) is 0 Å². The molecule has 1 aliphatic carbocycles. The number of ether oxygens (including phenoxy) is 2. The van der Waals surface area contributed by atoms with Crippen LogP contribution in [0.5, 0.6) is 0 Å². The summed E-state index contributed by atoms with van der Waals surface area (Å²) in [5, 5.41) is 18.8. The van der Waals surface area contributed by atoms with Crippen LogP contribution in [0.3, 0.4) is 0 Å². The molecule has 1 fully saturated rings. The van der Waals surface area contributed by atoms with Gasteiger partial charge in [0.25, 0.3) is 0 Å². The van der Waals surface area contributed by atoms with E-state index in [1.165, 1.54) is 19.3 Å². The Labute approximate surface area is 128 Å². The highest BCUT2D eigenvalue weighted by Gasteiger charge is 2.27. The van der Waals surface area contributed by atoms with E-state index in [1.807, 2.05) is 0 Å². The van der Waals surface area contributed by atoms with Gasteiger partial charge in [-0.1, -0.05) is 25.3 Å². The fourth-order valence-electron chi connectivity index (χ4n) is 3.12. The molecule has 0 spiro atoms. The average Bonchev–Trinajstić information content (AvgIpc) is 2.84. The molecule has 1 saturated heterocycles. The van der Waals surface area contributed by atoms with Crippen LogP contribution < -0.4 is 0 Å². The third-order valence-electron chi connectivity index (χ3n) is 4.37. The Morgan fingerprint density at radius 2 is 1.95 bits per heavy atom.